The zero-order valence-corrected chi connectivity index (χ0v) is 21.0. The first kappa shape index (κ1) is 27.2. The van der Waals surface area contributed by atoms with Crippen molar-refractivity contribution in [3.05, 3.63) is 111 Å². The van der Waals surface area contributed by atoms with E-state index in [4.69, 9.17) is 4.74 Å². The van der Waals surface area contributed by atoms with E-state index in [-0.39, 0.29) is 11.7 Å². The lowest BCUT2D eigenvalue weighted by Crippen LogP contribution is -2.38. The first-order valence-corrected chi connectivity index (χ1v) is 12.2. The van der Waals surface area contributed by atoms with E-state index >= 15 is 0 Å². The van der Waals surface area contributed by atoms with Crippen LogP contribution < -0.4 is 10.6 Å². The zero-order chi connectivity index (χ0) is 27.3. The predicted molar refractivity (Wildman–Crippen MR) is 138 cm³/mol. The monoisotopic (exact) mass is 523 g/mol. The Morgan fingerprint density at radius 1 is 1.11 bits per heavy atom. The van der Waals surface area contributed by atoms with E-state index in [1.165, 1.54) is 48.5 Å². The van der Waals surface area contributed by atoms with Crippen LogP contribution in [-0.4, -0.2) is 30.3 Å². The van der Waals surface area contributed by atoms with Gasteiger partial charge in [0.1, 0.15) is 29.2 Å². The van der Waals surface area contributed by atoms with E-state index in [9.17, 15) is 23.5 Å². The number of carbonyl (C=O) groups excluding carboxylic acids is 1. The van der Waals surface area contributed by atoms with Gasteiger partial charge in [0.15, 0.2) is 0 Å². The molecule has 1 aliphatic rings. The fourth-order valence-corrected chi connectivity index (χ4v) is 4.78. The van der Waals surface area contributed by atoms with Gasteiger partial charge in [-0.1, -0.05) is 35.4 Å². The van der Waals surface area contributed by atoms with Gasteiger partial charge in [0.05, 0.1) is 6.61 Å². The number of amides is 1. The number of anilines is 1. The molecular formula is C28H28F3N5O2. The normalized spacial score (nSPS) is 17.2. The number of hydrogen-bond donors (Lipinski definition) is 2. The van der Waals surface area contributed by atoms with Gasteiger partial charge in [0.2, 0.25) is 5.91 Å². The molecule has 0 radical (unpaired) electrons. The molecule has 0 bridgehead atoms. The maximum absolute atomic E-state index is 14.9. The first-order chi connectivity index (χ1) is 18.2. The summed E-state index contributed by atoms with van der Waals surface area (Å²) in [7, 11) is 0. The quantitative estimate of drug-likeness (QED) is 0.198. The second-order valence-electron chi connectivity index (χ2n) is 9.69. The number of nitrogens with one attached hydrogen (secondary N) is 2. The number of benzene rings is 3. The maximum atomic E-state index is 14.9. The number of nitrogens with zero attached hydrogens (tertiary/aromatic N) is 3. The lowest BCUT2D eigenvalue weighted by Gasteiger charge is -2.25. The van der Waals surface area contributed by atoms with E-state index < -0.39 is 41.0 Å². The molecule has 10 heteroatoms. The number of rotatable bonds is 9. The largest absolute Gasteiger partial charge is 0.360 e. The van der Waals surface area contributed by atoms with E-state index in [0.29, 0.717) is 36.1 Å². The second kappa shape index (κ2) is 11.7. The molecule has 0 aromatic heterocycles. The molecule has 3 aromatic carbocycles. The van der Waals surface area contributed by atoms with E-state index in [0.717, 1.165) is 0 Å². The summed E-state index contributed by atoms with van der Waals surface area (Å²) in [5.41, 5.74) is 9.98. The molecule has 0 unspecified atom stereocenters. The number of halogens is 3. The molecule has 0 saturated carbocycles. The molecule has 1 heterocycles. The van der Waals surface area contributed by atoms with Gasteiger partial charge in [-0.3, -0.25) is 10.1 Å². The minimum absolute atomic E-state index is 0.00873. The van der Waals surface area contributed by atoms with Gasteiger partial charge in [0, 0.05) is 28.1 Å². The highest BCUT2D eigenvalue weighted by molar-refractivity contribution is 5.96. The Kier molecular flexibility index (Phi) is 8.36. The Morgan fingerprint density at radius 3 is 2.29 bits per heavy atom. The average Bonchev–Trinajstić information content (AvgIpc) is 3.22. The molecular weight excluding hydrogens is 495 g/mol. The molecule has 2 atom stereocenters. The smallest absolute Gasteiger partial charge is 0.234 e. The van der Waals surface area contributed by atoms with Gasteiger partial charge in [-0.2, -0.15) is 0 Å². The van der Waals surface area contributed by atoms with Crippen LogP contribution in [0.25, 0.3) is 10.4 Å². The van der Waals surface area contributed by atoms with Gasteiger partial charge >= 0.3 is 0 Å². The number of azide groups is 1. The summed E-state index contributed by atoms with van der Waals surface area (Å²) in [6.45, 7) is 4.29. The zero-order valence-electron chi connectivity index (χ0n) is 21.0. The molecule has 3 aromatic rings. The van der Waals surface area contributed by atoms with E-state index in [1.807, 2.05) is 13.8 Å². The fraction of sp³-hybridized carbons (Fsp3) is 0.321. The van der Waals surface area contributed by atoms with Gasteiger partial charge in [-0.05, 0) is 79.7 Å². The standard InChI is InChI=1S/C28H28F3N5O2/c1-28(2)34-21(16-38-28)12-13-22-23(31)10-5-11-24(22)33-27(37)26(35-36-32)25(17-6-3-8-19(29)14-17)18-7-4-9-20(30)15-18/h3-11,14-15,21,25-26,34H,12-13,16H2,1-2H3,(H,33,37)/t21-,26-/m0/s1. The molecule has 7 nitrogen and oxygen atoms in total. The van der Waals surface area contributed by atoms with Crippen LogP contribution in [0.1, 0.15) is 42.9 Å². The maximum Gasteiger partial charge on any atom is 0.234 e. The van der Waals surface area contributed by atoms with Crippen molar-refractivity contribution in [3.8, 4) is 0 Å². The summed E-state index contributed by atoms with van der Waals surface area (Å²) >= 11 is 0. The van der Waals surface area contributed by atoms with Crippen LogP contribution in [0.2, 0.25) is 0 Å². The number of carbonyl (C=O) groups is 1. The van der Waals surface area contributed by atoms with Crippen LogP contribution in [-0.2, 0) is 16.0 Å². The first-order valence-electron chi connectivity index (χ1n) is 12.2. The fourth-order valence-electron chi connectivity index (χ4n) is 4.78. The predicted octanol–water partition coefficient (Wildman–Crippen LogP) is 6.21. The SMILES string of the molecule is CC1(C)N[C@@H](CCc2c(F)cccc2NC(=O)[C@@H](N=[N+]=[N-])C(c2cccc(F)c2)c2cccc(F)c2)CO1. The lowest BCUT2D eigenvalue weighted by atomic mass is 9.84. The van der Waals surface area contributed by atoms with Crippen molar-refractivity contribution >= 4 is 11.6 Å². The molecule has 4 rings (SSSR count). The van der Waals surface area contributed by atoms with Gasteiger partial charge < -0.3 is 10.1 Å². The Hall–Kier alpha value is -3.85. The summed E-state index contributed by atoms with van der Waals surface area (Å²) in [4.78, 5) is 16.4. The summed E-state index contributed by atoms with van der Waals surface area (Å²) in [6.07, 6.45) is 0.866. The molecule has 2 N–H and O–H groups in total. The van der Waals surface area contributed by atoms with E-state index in [2.05, 4.69) is 20.7 Å². The van der Waals surface area contributed by atoms with Crippen molar-refractivity contribution in [1.29, 1.82) is 0 Å². The van der Waals surface area contributed by atoms with Crippen molar-refractivity contribution in [3.63, 3.8) is 0 Å². The molecule has 38 heavy (non-hydrogen) atoms. The van der Waals surface area contributed by atoms with Crippen molar-refractivity contribution in [2.45, 2.75) is 50.4 Å². The molecule has 1 fully saturated rings. The Labute approximate surface area is 218 Å². The molecule has 1 aliphatic heterocycles. The van der Waals surface area contributed by atoms with Crippen LogP contribution >= 0.6 is 0 Å². The number of hydrogen-bond acceptors (Lipinski definition) is 4. The van der Waals surface area contributed by atoms with Gasteiger partial charge in [-0.25, -0.2) is 13.2 Å². The Morgan fingerprint density at radius 2 is 1.74 bits per heavy atom. The topological polar surface area (TPSA) is 99.1 Å². The highest BCUT2D eigenvalue weighted by Crippen LogP contribution is 2.33. The third-order valence-electron chi connectivity index (χ3n) is 6.49. The van der Waals surface area contributed by atoms with Crippen LogP contribution in [0.15, 0.2) is 71.8 Å². The molecule has 0 aliphatic carbocycles. The van der Waals surface area contributed by atoms with Crippen LogP contribution in [0.4, 0.5) is 18.9 Å². The lowest BCUT2D eigenvalue weighted by molar-refractivity contribution is -0.117. The highest BCUT2D eigenvalue weighted by atomic mass is 19.1. The Bertz CT molecular complexity index is 1310. The highest BCUT2D eigenvalue weighted by Gasteiger charge is 2.33. The van der Waals surface area contributed by atoms with Gasteiger partial charge in [-0.15, -0.1) is 0 Å². The third kappa shape index (κ3) is 6.52. The summed E-state index contributed by atoms with van der Waals surface area (Å²) in [5, 5.41) is 9.73. The number of ether oxygens (including phenoxy) is 1. The summed E-state index contributed by atoms with van der Waals surface area (Å²) in [6, 6.07) is 13.8. The van der Waals surface area contributed by atoms with Crippen LogP contribution in [0.3, 0.4) is 0 Å². The van der Waals surface area contributed by atoms with Gasteiger partial charge in [0.25, 0.3) is 0 Å². The van der Waals surface area contributed by atoms with Crippen LogP contribution in [0.5, 0.6) is 0 Å². The third-order valence-corrected chi connectivity index (χ3v) is 6.49. The van der Waals surface area contributed by atoms with Crippen LogP contribution in [0, 0.1) is 17.5 Å². The minimum atomic E-state index is -1.43. The molecule has 0 spiro atoms. The van der Waals surface area contributed by atoms with Crippen molar-refractivity contribution in [1.82, 2.24) is 5.32 Å². The summed E-state index contributed by atoms with van der Waals surface area (Å²) < 4.78 is 48.9. The average molecular weight is 524 g/mol. The van der Waals surface area contributed by atoms with E-state index in [1.54, 1.807) is 18.2 Å². The molecule has 1 amide bonds. The molecule has 1 saturated heterocycles. The minimum Gasteiger partial charge on any atom is -0.360 e. The van der Waals surface area contributed by atoms with Crippen molar-refractivity contribution in [2.24, 2.45) is 5.11 Å². The second-order valence-corrected chi connectivity index (χ2v) is 9.69. The Balaban J connectivity index is 1.64. The summed E-state index contributed by atoms with van der Waals surface area (Å²) in [5.74, 6) is -3.37. The molecule has 198 valence electrons. The van der Waals surface area contributed by atoms with Crippen molar-refractivity contribution < 1.29 is 22.7 Å². The van der Waals surface area contributed by atoms with Crippen molar-refractivity contribution in [2.75, 3.05) is 11.9 Å².